The van der Waals surface area contributed by atoms with E-state index in [9.17, 15) is 0 Å². The molecule has 105 heavy (non-hydrogen) atoms. The molecule has 0 atom stereocenters. The van der Waals surface area contributed by atoms with Crippen molar-refractivity contribution in [3.63, 3.8) is 0 Å². The summed E-state index contributed by atoms with van der Waals surface area (Å²) >= 11 is 0. The maximum Gasteiger partial charge on any atom is 0.306 e. The van der Waals surface area contributed by atoms with E-state index in [-0.39, 0.29) is 6.61 Å². The molecule has 76 nitrogen and oxygen atoms in total. The summed E-state index contributed by atoms with van der Waals surface area (Å²) in [6, 6.07) is 0. The number of hydrogen-bond donors (Lipinski definition) is 73. The smallest absolute Gasteiger partial charge is 0.306 e. The van der Waals surface area contributed by atoms with Crippen LogP contribution in [0.25, 0.3) is 0 Å². The molecule has 0 unspecified atom stereocenters. The van der Waals surface area contributed by atoms with Crippen LogP contribution in [0, 0.1) is 0 Å². The Morgan fingerprint density at radius 3 is 0.152 bits per heavy atom. The highest BCUT2D eigenvalue weighted by Gasteiger charge is 2.27. The van der Waals surface area contributed by atoms with Crippen LogP contribution in [-0.2, 0) is 14.2 Å². The highest BCUT2D eigenvalue weighted by molar-refractivity contribution is 4.49. The largest absolute Gasteiger partial charge is 0.388 e. The van der Waals surface area contributed by atoms with Gasteiger partial charge in [0.05, 0.1) is 0 Å². The number of aliphatic hydroxyl groups is 73. The van der Waals surface area contributed by atoms with Crippen LogP contribution in [0.15, 0.2) is 0 Å². The summed E-state index contributed by atoms with van der Waals surface area (Å²) in [5.74, 6) is -1.28. The molecule has 76 heteroatoms. The molecule has 0 aliphatic rings. The van der Waals surface area contributed by atoms with Crippen molar-refractivity contribution in [2.24, 2.45) is 0 Å². The van der Waals surface area contributed by atoms with Gasteiger partial charge in [-0.1, -0.05) is 0 Å². The molecule has 0 bridgehead atoms. The van der Waals surface area contributed by atoms with Crippen LogP contribution < -0.4 is 0 Å². The summed E-state index contributed by atoms with van der Waals surface area (Å²) in [6.07, 6.45) is 0. The Hall–Kier alpha value is -3.04. The average molecular weight is 1670 g/mol. The third kappa shape index (κ3) is 12300. The van der Waals surface area contributed by atoms with Gasteiger partial charge in [-0.3, -0.25) is 0 Å². The van der Waals surface area contributed by atoms with Gasteiger partial charge in [-0.05, 0) is 0 Å². The fourth-order valence-corrected chi connectivity index (χ4v) is 0.444. The molecule has 0 aromatic rings. The first-order chi connectivity index (χ1) is 45.8. The fourth-order valence-electron chi connectivity index (χ4n) is 0.444. The first-order valence-corrected chi connectivity index (χ1v) is 21.1. The molecular formula is C29H108O76. The Morgan fingerprint density at radius 1 is 0.124 bits per heavy atom. The summed E-state index contributed by atoms with van der Waals surface area (Å²) in [4.78, 5) is 0. The number of rotatable bonds is 4. The van der Waals surface area contributed by atoms with Gasteiger partial charge in [-0.2, -0.15) is 0 Å². The van der Waals surface area contributed by atoms with Gasteiger partial charge in [0.2, 0.25) is 0 Å². The maximum absolute atomic E-state index is 8.60. The van der Waals surface area contributed by atoms with Gasteiger partial charge in [0.25, 0.3) is 155 Å². The minimum atomic E-state index is -2.17. The molecular weight excluding hydrogens is 1560 g/mol. The third-order valence-electron chi connectivity index (χ3n) is 1.13. The Bertz CT molecular complexity index is 664. The minimum absolute atomic E-state index is 0.323. The molecule has 0 fully saturated rings. The predicted octanol–water partition coefficient (Wildman–Crippen LogP) is -42.5. The van der Waals surface area contributed by atoms with Gasteiger partial charge in [0, 0.05) is 21.3 Å². The topological polar surface area (TPSA) is 1500 Å². The van der Waals surface area contributed by atoms with E-state index in [0.29, 0.717) is 0 Å². The lowest BCUT2D eigenvalue weighted by atomic mass is 10.6. The van der Waals surface area contributed by atoms with Gasteiger partial charge in [0.1, 0.15) is 6.61 Å². The molecule has 0 radical (unpaired) electrons. The van der Waals surface area contributed by atoms with E-state index < -0.39 is 161 Å². The quantitative estimate of drug-likeness (QED) is 0.116. The van der Waals surface area contributed by atoms with Crippen LogP contribution in [0.5, 0.6) is 0 Å². The second-order valence-corrected chi connectivity index (χ2v) is 9.77. The van der Waals surface area contributed by atoms with Crippen molar-refractivity contribution in [1.29, 1.82) is 0 Å². The first-order valence-electron chi connectivity index (χ1n) is 21.1. The Labute approximate surface area is 576 Å². The van der Waals surface area contributed by atoms with E-state index in [1.54, 1.807) is 0 Å². The monoisotopic (exact) mass is 1670 g/mol. The molecule has 0 aromatic heterocycles. The summed E-state index contributed by atoms with van der Waals surface area (Å²) in [7, 11) is 4.18. The molecule has 0 saturated heterocycles. The average Bonchev–Trinajstić information content (AvgIpc) is 0.923. The number of ether oxygens (including phenoxy) is 3. The van der Waals surface area contributed by atoms with Gasteiger partial charge in [-0.25, -0.2) is 0 Å². The van der Waals surface area contributed by atoms with Crippen LogP contribution in [0.3, 0.4) is 0 Å². The lowest BCUT2D eigenvalue weighted by Crippen LogP contribution is -2.39. The normalized spacial score (nSPS) is 9.26. The highest BCUT2D eigenvalue weighted by Crippen LogP contribution is 2.09. The first kappa shape index (κ1) is 175. The predicted molar refractivity (Wildman–Crippen MR) is 282 cm³/mol. The van der Waals surface area contributed by atoms with E-state index >= 15 is 0 Å². The summed E-state index contributed by atoms with van der Waals surface area (Å²) < 4.78 is 14.1. The summed E-state index contributed by atoms with van der Waals surface area (Å²) in [5.41, 5.74) is 0. The van der Waals surface area contributed by atoms with Gasteiger partial charge < -0.3 is 387 Å². The number of methoxy groups -OCH3 is 3. The van der Waals surface area contributed by atoms with Crippen molar-refractivity contribution in [2.45, 2.75) is 161 Å². The van der Waals surface area contributed by atoms with E-state index in [4.69, 9.17) is 387 Å². The second kappa shape index (κ2) is 162. The molecule has 0 aliphatic heterocycles. The minimum Gasteiger partial charge on any atom is -0.388 e. The Kier molecular flexibility index (Phi) is 270. The molecule has 680 valence electrons. The lowest BCUT2D eigenvalue weighted by Gasteiger charge is -2.25. The van der Waals surface area contributed by atoms with Crippen molar-refractivity contribution in [3.05, 3.63) is 0 Å². The fraction of sp³-hybridized carbons (Fsp3) is 1.00. The molecule has 0 spiro atoms. The van der Waals surface area contributed by atoms with Gasteiger partial charge >= 0.3 is 5.97 Å². The van der Waals surface area contributed by atoms with Crippen LogP contribution in [0.2, 0.25) is 0 Å². The van der Waals surface area contributed by atoms with Gasteiger partial charge in [-0.15, -0.1) is 0 Å². The van der Waals surface area contributed by atoms with E-state index in [1.165, 1.54) is 21.3 Å². The molecule has 0 saturated carbocycles. The third-order valence-corrected chi connectivity index (χ3v) is 1.13. The molecule has 73 N–H and O–H groups in total. The van der Waals surface area contributed by atoms with Crippen LogP contribution in [0.4, 0.5) is 0 Å². The molecule has 0 heterocycles. The van der Waals surface area contributed by atoms with Crippen LogP contribution in [0.1, 0.15) is 0 Å². The molecule has 0 amide bonds. The second-order valence-electron chi connectivity index (χ2n) is 9.77. The summed E-state index contributed by atoms with van der Waals surface area (Å²) in [5, 5.41) is 525. The molecule has 0 aromatic carbocycles. The van der Waals surface area contributed by atoms with Crippen molar-refractivity contribution >= 4 is 0 Å². The molecule has 0 rings (SSSR count). The van der Waals surface area contributed by atoms with Gasteiger partial charge in [0.15, 0.2) is 0 Å². The maximum atomic E-state index is 8.60. The summed E-state index contributed by atoms with van der Waals surface area (Å²) in [6.45, 7) is -52.3. The zero-order valence-corrected chi connectivity index (χ0v) is 51.9. The standard InChI is InChI=1S/C5H12O4.24CH4O3/c1-7-5(4-6,8-2)9-3;24*2-1(3)4/h6H,4H2,1-3H3;24*1-4H. The lowest BCUT2D eigenvalue weighted by molar-refractivity contribution is -0.364. The Balaban J connectivity index is -0.0000000277. The van der Waals surface area contributed by atoms with Crippen LogP contribution >= 0.6 is 0 Å². The number of hydrogen-bond acceptors (Lipinski definition) is 76. The van der Waals surface area contributed by atoms with Crippen molar-refractivity contribution < 1.29 is 387 Å². The van der Waals surface area contributed by atoms with E-state index in [2.05, 4.69) is 0 Å². The SMILES string of the molecule is COC(CO)(OC)OC.OC(O)O.OC(O)O.OC(O)O.OC(O)O.OC(O)O.OC(O)O.OC(O)O.OC(O)O.OC(O)O.OC(O)O.OC(O)O.OC(O)O.OC(O)O.OC(O)O.OC(O)O.OC(O)O.OC(O)O.OC(O)O.OC(O)O.OC(O)O.OC(O)O.OC(O)O.OC(O)O.OC(O)O. The molecule has 0 aliphatic carbocycles. The number of aliphatic hydroxyl groups excluding tert-OH is 25. The highest BCUT2D eigenvalue weighted by atomic mass is 16.9. The van der Waals surface area contributed by atoms with Crippen LogP contribution in [-0.4, -0.2) is 562 Å². The zero-order valence-electron chi connectivity index (χ0n) is 51.9. The van der Waals surface area contributed by atoms with Crippen molar-refractivity contribution in [2.75, 3.05) is 27.9 Å². The van der Waals surface area contributed by atoms with Crippen molar-refractivity contribution in [3.8, 4) is 0 Å². The van der Waals surface area contributed by atoms with E-state index in [0.717, 1.165) is 0 Å². The Morgan fingerprint density at radius 2 is 0.152 bits per heavy atom. The zero-order chi connectivity index (χ0) is 93.2. The van der Waals surface area contributed by atoms with Crippen molar-refractivity contribution in [1.82, 2.24) is 0 Å². The van der Waals surface area contributed by atoms with E-state index in [1.807, 2.05) is 0 Å².